The minimum absolute atomic E-state index is 0.163. The Bertz CT molecular complexity index is 933. The van der Waals surface area contributed by atoms with Crippen molar-refractivity contribution in [2.75, 3.05) is 20.3 Å². The van der Waals surface area contributed by atoms with Crippen molar-refractivity contribution in [3.05, 3.63) is 71.3 Å². The van der Waals surface area contributed by atoms with E-state index in [2.05, 4.69) is 16.0 Å². The maximum absolute atomic E-state index is 12.1. The first-order valence-electron chi connectivity index (χ1n) is 10.2. The molecular weight excluding hydrogens is 430 g/mol. The van der Waals surface area contributed by atoms with E-state index in [1.807, 2.05) is 30.3 Å². The van der Waals surface area contributed by atoms with Crippen LogP contribution in [0.3, 0.4) is 0 Å². The highest BCUT2D eigenvalue weighted by atomic mass is 16.5. The summed E-state index contributed by atoms with van der Waals surface area (Å²) in [4.78, 5) is 47.5. The summed E-state index contributed by atoms with van der Waals surface area (Å²) < 4.78 is 14.6. The van der Waals surface area contributed by atoms with Crippen LogP contribution in [0.15, 0.2) is 54.6 Å². The molecule has 0 bridgehead atoms. The first-order valence-corrected chi connectivity index (χ1v) is 10.2. The Kier molecular flexibility index (Phi) is 10.2. The Hall–Kier alpha value is -4.08. The van der Waals surface area contributed by atoms with E-state index in [0.717, 1.165) is 11.1 Å². The van der Waals surface area contributed by atoms with E-state index in [1.165, 1.54) is 7.11 Å². The number of urea groups is 1. The zero-order valence-corrected chi connectivity index (χ0v) is 18.5. The van der Waals surface area contributed by atoms with Crippen molar-refractivity contribution in [2.24, 2.45) is 0 Å². The molecule has 0 saturated heterocycles. The Balaban J connectivity index is 1.88. The topological polar surface area (TPSA) is 132 Å². The van der Waals surface area contributed by atoms with Crippen molar-refractivity contribution in [3.8, 4) is 0 Å². The van der Waals surface area contributed by atoms with Gasteiger partial charge in [-0.2, -0.15) is 0 Å². The van der Waals surface area contributed by atoms with Crippen LogP contribution in [-0.2, 0) is 37.0 Å². The first kappa shape index (κ1) is 25.2. The molecule has 176 valence electrons. The third-order valence-electron chi connectivity index (χ3n) is 4.37. The number of esters is 2. The van der Waals surface area contributed by atoms with Crippen molar-refractivity contribution < 1.29 is 33.4 Å². The Morgan fingerprint density at radius 2 is 1.58 bits per heavy atom. The number of hydrogen-bond acceptors (Lipinski definition) is 7. The molecule has 2 rings (SSSR count). The van der Waals surface area contributed by atoms with Gasteiger partial charge in [-0.15, -0.1) is 0 Å². The highest BCUT2D eigenvalue weighted by Gasteiger charge is 2.24. The summed E-state index contributed by atoms with van der Waals surface area (Å²) in [6, 6.07) is 14.1. The third-order valence-corrected chi connectivity index (χ3v) is 4.37. The third kappa shape index (κ3) is 8.90. The fourth-order valence-corrected chi connectivity index (χ4v) is 2.72. The average molecular weight is 457 g/mol. The number of benzene rings is 2. The number of alkyl carbamates (subject to hydrolysis) is 1. The molecular formula is C23H27N3O7. The highest BCUT2D eigenvalue weighted by molar-refractivity contribution is 5.86. The summed E-state index contributed by atoms with van der Waals surface area (Å²) in [6.07, 6.45) is -0.560. The quantitative estimate of drug-likeness (QED) is 0.368. The van der Waals surface area contributed by atoms with E-state index >= 15 is 0 Å². The number of rotatable bonds is 10. The maximum Gasteiger partial charge on any atom is 0.407 e. The van der Waals surface area contributed by atoms with Crippen LogP contribution < -0.4 is 16.0 Å². The molecule has 0 aliphatic rings. The molecule has 0 spiro atoms. The molecule has 10 nitrogen and oxygen atoms in total. The predicted octanol–water partition coefficient (Wildman–Crippen LogP) is 2.19. The summed E-state index contributed by atoms with van der Waals surface area (Å²) in [5.41, 5.74) is 2.10. The van der Waals surface area contributed by atoms with E-state index in [-0.39, 0.29) is 26.3 Å². The van der Waals surface area contributed by atoms with Crippen LogP contribution in [0.2, 0.25) is 0 Å². The van der Waals surface area contributed by atoms with Crippen molar-refractivity contribution in [2.45, 2.75) is 26.1 Å². The molecule has 0 saturated carbocycles. The predicted molar refractivity (Wildman–Crippen MR) is 118 cm³/mol. The molecule has 0 fully saturated rings. The molecule has 33 heavy (non-hydrogen) atoms. The molecule has 0 radical (unpaired) electrons. The van der Waals surface area contributed by atoms with Crippen LogP contribution in [0.5, 0.6) is 0 Å². The maximum atomic E-state index is 12.1. The summed E-state index contributed by atoms with van der Waals surface area (Å²) in [6.45, 7) is 1.89. The fourth-order valence-electron chi connectivity index (χ4n) is 2.72. The van der Waals surface area contributed by atoms with Gasteiger partial charge in [-0.3, -0.25) is 4.79 Å². The van der Waals surface area contributed by atoms with Crippen LogP contribution in [0, 0.1) is 0 Å². The second-order valence-electron chi connectivity index (χ2n) is 6.75. The highest BCUT2D eigenvalue weighted by Crippen LogP contribution is 2.16. The van der Waals surface area contributed by atoms with Gasteiger partial charge in [-0.25, -0.2) is 14.4 Å². The van der Waals surface area contributed by atoms with Gasteiger partial charge in [0.25, 0.3) is 0 Å². The van der Waals surface area contributed by atoms with Crippen LogP contribution in [0.25, 0.3) is 0 Å². The van der Waals surface area contributed by atoms with Gasteiger partial charge in [0.15, 0.2) is 6.04 Å². The second kappa shape index (κ2) is 13.4. The lowest BCUT2D eigenvalue weighted by atomic mass is 10.0. The largest absolute Gasteiger partial charge is 0.467 e. The number of nitrogens with one attached hydrogen (secondary N) is 3. The van der Waals surface area contributed by atoms with Gasteiger partial charge in [-0.1, -0.05) is 54.6 Å². The van der Waals surface area contributed by atoms with Crippen LogP contribution in [0.4, 0.5) is 9.59 Å². The van der Waals surface area contributed by atoms with Crippen molar-refractivity contribution >= 4 is 24.1 Å². The van der Waals surface area contributed by atoms with Gasteiger partial charge < -0.3 is 30.2 Å². The lowest BCUT2D eigenvalue weighted by Gasteiger charge is -2.17. The number of methoxy groups -OCH3 is 1. The van der Waals surface area contributed by atoms with Crippen molar-refractivity contribution in [1.29, 1.82) is 0 Å². The molecule has 2 aromatic carbocycles. The summed E-state index contributed by atoms with van der Waals surface area (Å²) >= 11 is 0. The Labute approximate surface area is 191 Å². The summed E-state index contributed by atoms with van der Waals surface area (Å²) in [7, 11) is 1.20. The van der Waals surface area contributed by atoms with Gasteiger partial charge in [0, 0.05) is 6.54 Å². The minimum Gasteiger partial charge on any atom is -0.467 e. The van der Waals surface area contributed by atoms with Gasteiger partial charge in [0.05, 0.1) is 13.7 Å². The standard InChI is InChI=1S/C23H27N3O7/c1-3-32-19(27)14-24-22(29)26-20(21(28)31-2)18-11-9-16(10-12-18)13-25-23(30)33-15-17-7-5-4-6-8-17/h4-12,20H,3,13-15H2,1-2H3,(H,25,30)(H2,24,26,29). The number of carbonyl (C=O) groups excluding carboxylic acids is 4. The van der Waals surface area contributed by atoms with E-state index < -0.39 is 30.1 Å². The smallest absolute Gasteiger partial charge is 0.407 e. The minimum atomic E-state index is -1.09. The molecule has 3 N–H and O–H groups in total. The normalized spacial score (nSPS) is 11.0. The average Bonchev–Trinajstić information content (AvgIpc) is 2.84. The summed E-state index contributed by atoms with van der Waals surface area (Å²) in [5.74, 6) is -1.28. The fraction of sp³-hybridized carbons (Fsp3) is 0.304. The van der Waals surface area contributed by atoms with Crippen LogP contribution >= 0.6 is 0 Å². The van der Waals surface area contributed by atoms with Gasteiger partial charge in [0.2, 0.25) is 0 Å². The monoisotopic (exact) mass is 457 g/mol. The zero-order valence-electron chi connectivity index (χ0n) is 18.5. The molecule has 0 aliphatic heterocycles. The van der Waals surface area contributed by atoms with Crippen molar-refractivity contribution in [1.82, 2.24) is 16.0 Å². The molecule has 0 aliphatic carbocycles. The number of hydrogen-bond donors (Lipinski definition) is 3. The SMILES string of the molecule is CCOC(=O)CNC(=O)NC(C(=O)OC)c1ccc(CNC(=O)OCc2ccccc2)cc1. The molecule has 2 aromatic rings. The van der Waals surface area contributed by atoms with Crippen LogP contribution in [0.1, 0.15) is 29.7 Å². The van der Waals surface area contributed by atoms with E-state index in [0.29, 0.717) is 5.56 Å². The Morgan fingerprint density at radius 3 is 2.21 bits per heavy atom. The zero-order chi connectivity index (χ0) is 24.1. The molecule has 0 heterocycles. The number of carbonyl (C=O) groups is 4. The van der Waals surface area contributed by atoms with Crippen molar-refractivity contribution in [3.63, 3.8) is 0 Å². The second-order valence-corrected chi connectivity index (χ2v) is 6.75. The molecule has 0 aromatic heterocycles. The first-order chi connectivity index (χ1) is 15.9. The summed E-state index contributed by atoms with van der Waals surface area (Å²) in [5, 5.41) is 7.43. The van der Waals surface area contributed by atoms with Crippen LogP contribution in [-0.4, -0.2) is 44.3 Å². The Morgan fingerprint density at radius 1 is 0.879 bits per heavy atom. The molecule has 1 unspecified atom stereocenters. The number of ether oxygens (including phenoxy) is 3. The van der Waals surface area contributed by atoms with Gasteiger partial charge >= 0.3 is 24.1 Å². The molecule has 3 amide bonds. The molecule has 1 atom stereocenters. The van der Waals surface area contributed by atoms with E-state index in [1.54, 1.807) is 31.2 Å². The van der Waals surface area contributed by atoms with Gasteiger partial charge in [0.1, 0.15) is 13.2 Å². The molecule has 10 heteroatoms. The lowest BCUT2D eigenvalue weighted by Crippen LogP contribution is -2.43. The lowest BCUT2D eigenvalue weighted by molar-refractivity contribution is -0.143. The van der Waals surface area contributed by atoms with E-state index in [9.17, 15) is 19.2 Å². The number of amides is 3. The van der Waals surface area contributed by atoms with Gasteiger partial charge in [-0.05, 0) is 23.6 Å². The van der Waals surface area contributed by atoms with E-state index in [4.69, 9.17) is 14.2 Å².